The Morgan fingerprint density at radius 2 is 0.650 bits per heavy atom. The number of allylic oxidation sites excluding steroid dienone is 1. The normalized spacial score (nSPS) is 11.3. The van der Waals surface area contributed by atoms with Gasteiger partial charge >= 0.3 is 0 Å². The summed E-state index contributed by atoms with van der Waals surface area (Å²) in [5.41, 5.74) is 20.1. The van der Waals surface area contributed by atoms with E-state index in [9.17, 15) is 5.26 Å². The summed E-state index contributed by atoms with van der Waals surface area (Å²) in [7, 11) is 0. The largest absolute Gasteiger partial charge is 0.311 e. The molecule has 0 unspecified atom stereocenters. The highest BCUT2D eigenvalue weighted by atomic mass is 15.1. The summed E-state index contributed by atoms with van der Waals surface area (Å²) in [6, 6.07) is 66.7. The first-order valence-electron chi connectivity index (χ1n) is 20.2. The maximum Gasteiger partial charge on any atom is 0.270 e. The highest BCUT2D eigenvalue weighted by molar-refractivity contribution is 6.05. The minimum absolute atomic E-state index is 0.0914. The predicted octanol–water partition coefficient (Wildman–Crippen LogP) is 15.4. The summed E-state index contributed by atoms with van der Waals surface area (Å²) in [4.78, 5) is 8.29. The minimum Gasteiger partial charge on any atom is -0.311 e. The average molecular weight is 771 g/mol. The molecular weight excluding hydrogens is 729 g/mol. The summed E-state index contributed by atoms with van der Waals surface area (Å²) < 4.78 is 0. The van der Waals surface area contributed by atoms with Gasteiger partial charge in [-0.05, 0) is 157 Å². The van der Waals surface area contributed by atoms with Crippen LogP contribution in [0.4, 0.5) is 34.1 Å². The van der Waals surface area contributed by atoms with Crippen LogP contribution in [-0.4, -0.2) is 0 Å². The molecule has 9 rings (SSSR count). The fourth-order valence-electron chi connectivity index (χ4n) is 8.14. The first kappa shape index (κ1) is 37.6. The molecule has 0 aliphatic heterocycles. The molecule has 0 amide bonds. The van der Waals surface area contributed by atoms with E-state index in [0.717, 1.165) is 78.6 Å². The number of anilines is 6. The zero-order valence-corrected chi connectivity index (χ0v) is 34.1. The molecule has 60 heavy (non-hydrogen) atoms. The molecule has 4 nitrogen and oxygen atoms in total. The second-order valence-electron chi connectivity index (χ2n) is 15.6. The van der Waals surface area contributed by atoms with Crippen LogP contribution in [0.2, 0.25) is 0 Å². The van der Waals surface area contributed by atoms with Crippen molar-refractivity contribution < 1.29 is 0 Å². The van der Waals surface area contributed by atoms with E-state index in [1.165, 1.54) is 22.3 Å². The molecule has 0 fully saturated rings. The van der Waals surface area contributed by atoms with Crippen molar-refractivity contribution in [3.05, 3.63) is 232 Å². The van der Waals surface area contributed by atoms with E-state index in [1.807, 2.05) is 0 Å². The van der Waals surface area contributed by atoms with Crippen LogP contribution in [0.25, 0.3) is 43.8 Å². The molecule has 8 aromatic carbocycles. The standard InChI is InChI=1S/C56H42N4/c1-37-6-20-45(21-7-37)59(46-22-8-38(2)9-23-46)49-28-14-41(15-29-49)43-18-32-51-52-33-19-44(35-54(52)56(53(51)34-43)55(36-57)58-5)42-16-30-50(31-17-42)60(47-24-10-39(3)11-25-47)48-26-12-40(4)13-27-48/h6-35H,1-4H3. The van der Waals surface area contributed by atoms with Crippen molar-refractivity contribution in [3.63, 3.8) is 0 Å². The van der Waals surface area contributed by atoms with Crippen LogP contribution in [0.5, 0.6) is 0 Å². The molecule has 1 aliphatic rings. The number of rotatable bonds is 8. The Morgan fingerprint density at radius 3 is 0.917 bits per heavy atom. The van der Waals surface area contributed by atoms with Crippen LogP contribution >= 0.6 is 0 Å². The zero-order valence-electron chi connectivity index (χ0n) is 34.1. The van der Waals surface area contributed by atoms with E-state index >= 15 is 0 Å². The van der Waals surface area contributed by atoms with Crippen LogP contribution in [-0.2, 0) is 0 Å². The lowest BCUT2D eigenvalue weighted by molar-refractivity contribution is 1.27. The van der Waals surface area contributed by atoms with Gasteiger partial charge in [0.1, 0.15) is 0 Å². The van der Waals surface area contributed by atoms with Gasteiger partial charge in [-0.1, -0.05) is 119 Å². The molecule has 0 N–H and O–H groups in total. The fraction of sp³-hybridized carbons (Fsp3) is 0.0714. The quantitative estimate of drug-likeness (QED) is 0.114. The van der Waals surface area contributed by atoms with Crippen LogP contribution in [0.1, 0.15) is 33.4 Å². The van der Waals surface area contributed by atoms with Gasteiger partial charge in [-0.25, -0.2) is 10.1 Å². The molecule has 0 saturated heterocycles. The minimum atomic E-state index is 0.0914. The van der Waals surface area contributed by atoms with Crippen molar-refractivity contribution in [2.24, 2.45) is 0 Å². The Balaban J connectivity index is 1.05. The smallest absolute Gasteiger partial charge is 0.270 e. The molecule has 286 valence electrons. The Labute approximate surface area is 353 Å². The van der Waals surface area contributed by atoms with Crippen LogP contribution in [0.3, 0.4) is 0 Å². The Bertz CT molecular complexity index is 2680. The first-order chi connectivity index (χ1) is 29.3. The molecule has 0 spiro atoms. The molecule has 0 heterocycles. The Kier molecular flexibility index (Phi) is 9.91. The predicted molar refractivity (Wildman–Crippen MR) is 249 cm³/mol. The van der Waals surface area contributed by atoms with Gasteiger partial charge in [-0.2, -0.15) is 0 Å². The van der Waals surface area contributed by atoms with Crippen LogP contribution < -0.4 is 9.80 Å². The van der Waals surface area contributed by atoms with Gasteiger partial charge < -0.3 is 9.80 Å². The number of aryl methyl sites for hydroxylation is 4. The third-order valence-electron chi connectivity index (χ3n) is 11.4. The summed E-state index contributed by atoms with van der Waals surface area (Å²) in [6.07, 6.45) is 0. The highest BCUT2D eigenvalue weighted by Gasteiger charge is 2.28. The third kappa shape index (κ3) is 7.13. The topological polar surface area (TPSA) is 34.6 Å². The number of nitrogens with zero attached hydrogens (tertiary/aromatic N) is 4. The van der Waals surface area contributed by atoms with Crippen molar-refractivity contribution in [2.75, 3.05) is 9.80 Å². The Morgan fingerprint density at radius 1 is 0.383 bits per heavy atom. The van der Waals surface area contributed by atoms with E-state index < -0.39 is 0 Å². The zero-order chi connectivity index (χ0) is 41.3. The number of fused-ring (bicyclic) bond motifs is 3. The molecule has 0 radical (unpaired) electrons. The average Bonchev–Trinajstić information content (AvgIpc) is 3.60. The van der Waals surface area contributed by atoms with E-state index in [1.54, 1.807) is 0 Å². The van der Waals surface area contributed by atoms with Crippen molar-refractivity contribution in [3.8, 4) is 39.4 Å². The van der Waals surface area contributed by atoms with Gasteiger partial charge in [0.2, 0.25) is 0 Å². The van der Waals surface area contributed by atoms with Gasteiger partial charge in [0.05, 0.1) is 12.6 Å². The number of nitriles is 1. The highest BCUT2D eigenvalue weighted by Crippen LogP contribution is 2.49. The second-order valence-corrected chi connectivity index (χ2v) is 15.6. The van der Waals surface area contributed by atoms with Gasteiger partial charge in [-0.15, -0.1) is 0 Å². The molecular formula is C56H42N4. The lowest BCUT2D eigenvalue weighted by Gasteiger charge is -2.26. The second kappa shape index (κ2) is 15.8. The first-order valence-corrected chi connectivity index (χ1v) is 20.2. The molecule has 0 saturated carbocycles. The van der Waals surface area contributed by atoms with Crippen molar-refractivity contribution in [1.29, 1.82) is 5.26 Å². The number of hydrogen-bond donors (Lipinski definition) is 0. The number of benzene rings is 8. The summed E-state index contributed by atoms with van der Waals surface area (Å²) in [6.45, 7) is 16.5. The van der Waals surface area contributed by atoms with Crippen molar-refractivity contribution in [1.82, 2.24) is 0 Å². The van der Waals surface area contributed by atoms with Crippen molar-refractivity contribution in [2.45, 2.75) is 27.7 Å². The lowest BCUT2D eigenvalue weighted by atomic mass is 9.96. The van der Waals surface area contributed by atoms with E-state index in [-0.39, 0.29) is 5.70 Å². The molecule has 0 bridgehead atoms. The maximum atomic E-state index is 10.3. The van der Waals surface area contributed by atoms with E-state index in [2.05, 4.69) is 230 Å². The SMILES string of the molecule is [C-]#[N+]C(C#N)=C1c2cc(-c3ccc(N(c4ccc(C)cc4)c4ccc(C)cc4)cc3)ccc2-c2ccc(-c3ccc(N(c4ccc(C)cc4)c4ccc(C)cc4)cc3)cc21. The molecule has 0 atom stereocenters. The van der Waals surface area contributed by atoms with E-state index in [0.29, 0.717) is 5.57 Å². The van der Waals surface area contributed by atoms with Gasteiger partial charge in [-0.3, -0.25) is 0 Å². The summed E-state index contributed by atoms with van der Waals surface area (Å²) in [5, 5.41) is 10.3. The van der Waals surface area contributed by atoms with Gasteiger partial charge in [0.25, 0.3) is 5.70 Å². The summed E-state index contributed by atoms with van der Waals surface area (Å²) in [5.74, 6) is 0. The molecule has 4 heteroatoms. The number of hydrogen-bond acceptors (Lipinski definition) is 3. The molecule has 8 aromatic rings. The van der Waals surface area contributed by atoms with Crippen molar-refractivity contribution >= 4 is 39.7 Å². The molecule has 0 aromatic heterocycles. The van der Waals surface area contributed by atoms with Crippen LogP contribution in [0, 0.1) is 45.6 Å². The van der Waals surface area contributed by atoms with Gasteiger partial charge in [0.15, 0.2) is 0 Å². The lowest BCUT2D eigenvalue weighted by Crippen LogP contribution is -2.09. The van der Waals surface area contributed by atoms with Crippen LogP contribution in [0.15, 0.2) is 188 Å². The monoisotopic (exact) mass is 770 g/mol. The van der Waals surface area contributed by atoms with E-state index in [4.69, 9.17) is 6.57 Å². The third-order valence-corrected chi connectivity index (χ3v) is 11.4. The molecule has 1 aliphatic carbocycles. The maximum absolute atomic E-state index is 10.3. The summed E-state index contributed by atoms with van der Waals surface area (Å²) >= 11 is 0. The Hall–Kier alpha value is -7.92. The van der Waals surface area contributed by atoms with Gasteiger partial charge in [0, 0.05) is 39.7 Å². The fourth-order valence-corrected chi connectivity index (χ4v) is 8.14.